The Labute approximate surface area is 229 Å². The SMILES string of the molecule is Cc1c(Cl)cc2[nH]ncc2c1Oc1cccc2c(N3CCN(C(=O)OC(C)(C)C)CC3)c(C#N)c(Cl)nc12. The Kier molecular flexibility index (Phi) is 6.72. The summed E-state index contributed by atoms with van der Waals surface area (Å²) in [5.74, 6) is 1.03. The van der Waals surface area contributed by atoms with E-state index in [4.69, 9.17) is 32.7 Å². The van der Waals surface area contributed by atoms with Gasteiger partial charge in [0, 0.05) is 42.2 Å². The van der Waals surface area contributed by atoms with Crippen LogP contribution in [0.5, 0.6) is 11.5 Å². The lowest BCUT2D eigenvalue weighted by atomic mass is 10.1. The zero-order valence-corrected chi connectivity index (χ0v) is 22.9. The van der Waals surface area contributed by atoms with Crippen LogP contribution in [0.3, 0.4) is 0 Å². The van der Waals surface area contributed by atoms with Crippen LogP contribution in [0.2, 0.25) is 10.2 Å². The van der Waals surface area contributed by atoms with Crippen LogP contribution in [0, 0.1) is 18.3 Å². The number of anilines is 1. The maximum Gasteiger partial charge on any atom is 0.410 e. The van der Waals surface area contributed by atoms with E-state index in [0.717, 1.165) is 21.9 Å². The number of ether oxygens (including phenoxy) is 2. The van der Waals surface area contributed by atoms with Crippen molar-refractivity contribution in [3.05, 3.63) is 51.8 Å². The van der Waals surface area contributed by atoms with Gasteiger partial charge in [-0.25, -0.2) is 9.78 Å². The molecule has 0 saturated carbocycles. The highest BCUT2D eigenvalue weighted by Crippen LogP contribution is 2.42. The van der Waals surface area contributed by atoms with Crippen LogP contribution < -0.4 is 9.64 Å². The number of H-pyrrole nitrogens is 1. The number of carbonyl (C=O) groups is 1. The van der Waals surface area contributed by atoms with E-state index in [1.54, 1.807) is 23.2 Å². The van der Waals surface area contributed by atoms with Gasteiger partial charge in [0.25, 0.3) is 0 Å². The van der Waals surface area contributed by atoms with Gasteiger partial charge in [-0.15, -0.1) is 0 Å². The zero-order valence-electron chi connectivity index (χ0n) is 21.4. The summed E-state index contributed by atoms with van der Waals surface area (Å²) in [6.07, 6.45) is 1.33. The van der Waals surface area contributed by atoms with Gasteiger partial charge in [0.2, 0.25) is 0 Å². The molecule has 0 bridgehead atoms. The molecule has 1 aliphatic rings. The molecule has 1 N–H and O–H groups in total. The number of benzene rings is 2. The second kappa shape index (κ2) is 9.86. The van der Waals surface area contributed by atoms with Gasteiger partial charge in [-0.05, 0) is 39.8 Å². The molecule has 5 rings (SSSR count). The molecule has 1 amide bonds. The minimum atomic E-state index is -0.573. The van der Waals surface area contributed by atoms with Crippen molar-refractivity contribution in [2.75, 3.05) is 31.1 Å². The summed E-state index contributed by atoms with van der Waals surface area (Å²) < 4.78 is 11.9. The molecule has 1 aliphatic heterocycles. The largest absolute Gasteiger partial charge is 0.454 e. The minimum absolute atomic E-state index is 0.0805. The molecule has 2 aromatic heterocycles. The fourth-order valence-corrected chi connectivity index (χ4v) is 4.95. The molecule has 1 saturated heterocycles. The van der Waals surface area contributed by atoms with Crippen molar-refractivity contribution in [1.82, 2.24) is 20.1 Å². The Bertz CT molecular complexity index is 1600. The summed E-state index contributed by atoms with van der Waals surface area (Å²) in [4.78, 5) is 20.8. The van der Waals surface area contributed by atoms with E-state index in [1.165, 1.54) is 0 Å². The number of piperazine rings is 1. The first-order chi connectivity index (χ1) is 18.1. The second-order valence-corrected chi connectivity index (χ2v) is 10.9. The van der Waals surface area contributed by atoms with Gasteiger partial charge in [0.1, 0.15) is 33.7 Å². The maximum absolute atomic E-state index is 12.6. The highest BCUT2D eigenvalue weighted by molar-refractivity contribution is 6.32. The van der Waals surface area contributed by atoms with E-state index in [0.29, 0.717) is 53.9 Å². The molecule has 38 heavy (non-hydrogen) atoms. The number of amides is 1. The number of para-hydroxylation sites is 1. The molecule has 3 heterocycles. The van der Waals surface area contributed by atoms with Crippen molar-refractivity contribution in [3.8, 4) is 17.6 Å². The Balaban J connectivity index is 1.53. The second-order valence-electron chi connectivity index (χ2n) is 10.1. The monoisotopic (exact) mass is 552 g/mol. The number of aromatic nitrogens is 3. The smallest absolute Gasteiger partial charge is 0.410 e. The van der Waals surface area contributed by atoms with E-state index in [-0.39, 0.29) is 16.8 Å². The van der Waals surface area contributed by atoms with Gasteiger partial charge in [-0.1, -0.05) is 35.3 Å². The number of nitriles is 1. The number of hydrogen-bond donors (Lipinski definition) is 1. The predicted octanol–water partition coefficient (Wildman–Crippen LogP) is 6.45. The minimum Gasteiger partial charge on any atom is -0.454 e. The third-order valence-corrected chi connectivity index (χ3v) is 7.03. The predicted molar refractivity (Wildman–Crippen MR) is 147 cm³/mol. The topological polar surface area (TPSA) is 107 Å². The number of fused-ring (bicyclic) bond motifs is 2. The van der Waals surface area contributed by atoms with Gasteiger partial charge in [-0.2, -0.15) is 10.4 Å². The average molecular weight is 553 g/mol. The first kappa shape index (κ1) is 25.9. The molecule has 4 aromatic rings. The van der Waals surface area contributed by atoms with Crippen molar-refractivity contribution in [2.45, 2.75) is 33.3 Å². The standard InChI is InChI=1S/C27H26Cl2N6O3/c1-15-19(28)12-20-18(14-31-33-20)24(15)37-21-7-5-6-16-22(21)32-25(29)17(13-30)23(16)34-8-10-35(11-9-34)26(36)38-27(2,3)4/h5-7,12,14H,8-11H2,1-4H3,(H,31,33). The summed E-state index contributed by atoms with van der Waals surface area (Å²) in [6, 6.07) is 9.55. The van der Waals surface area contributed by atoms with Crippen molar-refractivity contribution >= 4 is 56.8 Å². The number of nitrogens with one attached hydrogen (secondary N) is 1. The summed E-state index contributed by atoms with van der Waals surface area (Å²) in [6.45, 7) is 9.28. The molecule has 0 atom stereocenters. The highest BCUT2D eigenvalue weighted by Gasteiger charge is 2.29. The third-order valence-electron chi connectivity index (χ3n) is 6.36. The van der Waals surface area contributed by atoms with E-state index in [1.807, 2.05) is 39.8 Å². The molecule has 0 unspecified atom stereocenters. The third kappa shape index (κ3) is 4.77. The Morgan fingerprint density at radius 1 is 1.16 bits per heavy atom. The van der Waals surface area contributed by atoms with Gasteiger partial charge in [0.05, 0.1) is 22.8 Å². The molecular formula is C27H26Cl2N6O3. The van der Waals surface area contributed by atoms with E-state index in [2.05, 4.69) is 26.2 Å². The van der Waals surface area contributed by atoms with Crippen LogP contribution in [-0.4, -0.2) is 58.0 Å². The number of aromatic amines is 1. The average Bonchev–Trinajstić information content (AvgIpc) is 3.33. The van der Waals surface area contributed by atoms with Crippen LogP contribution >= 0.6 is 23.2 Å². The Morgan fingerprint density at radius 3 is 2.58 bits per heavy atom. The molecule has 1 fully saturated rings. The van der Waals surface area contributed by atoms with Gasteiger partial charge < -0.3 is 19.3 Å². The Hall–Kier alpha value is -3.74. The highest BCUT2D eigenvalue weighted by atomic mass is 35.5. The maximum atomic E-state index is 12.6. The fourth-order valence-electron chi connectivity index (χ4n) is 4.54. The summed E-state index contributed by atoms with van der Waals surface area (Å²) >= 11 is 13.0. The van der Waals surface area contributed by atoms with Crippen LogP contribution in [0.15, 0.2) is 30.5 Å². The van der Waals surface area contributed by atoms with Gasteiger partial charge in [0.15, 0.2) is 5.75 Å². The molecule has 0 radical (unpaired) electrons. The molecule has 9 nitrogen and oxygen atoms in total. The number of halogens is 2. The van der Waals surface area contributed by atoms with Crippen molar-refractivity contribution in [2.24, 2.45) is 0 Å². The quantitative estimate of drug-likeness (QED) is 0.291. The summed E-state index contributed by atoms with van der Waals surface area (Å²) in [5, 5.41) is 19.1. The molecule has 11 heteroatoms. The van der Waals surface area contributed by atoms with Crippen LogP contribution in [0.4, 0.5) is 10.5 Å². The van der Waals surface area contributed by atoms with E-state index >= 15 is 0 Å². The van der Waals surface area contributed by atoms with Crippen LogP contribution in [0.25, 0.3) is 21.8 Å². The lowest BCUT2D eigenvalue weighted by molar-refractivity contribution is 0.0240. The van der Waals surface area contributed by atoms with Crippen LogP contribution in [0.1, 0.15) is 31.9 Å². The summed E-state index contributed by atoms with van der Waals surface area (Å²) in [7, 11) is 0. The number of pyridine rings is 1. The van der Waals surface area contributed by atoms with E-state index in [9.17, 15) is 10.1 Å². The summed E-state index contributed by atoms with van der Waals surface area (Å²) in [5.41, 5.74) is 2.38. The number of rotatable bonds is 3. The lowest BCUT2D eigenvalue weighted by Gasteiger charge is -2.37. The lowest BCUT2D eigenvalue weighted by Crippen LogP contribution is -2.50. The number of hydrogen-bond acceptors (Lipinski definition) is 7. The van der Waals surface area contributed by atoms with Crippen molar-refractivity contribution < 1.29 is 14.3 Å². The first-order valence-corrected chi connectivity index (χ1v) is 12.9. The number of carbonyl (C=O) groups excluding carboxylic acids is 1. The molecule has 196 valence electrons. The fraction of sp³-hybridized carbons (Fsp3) is 0.333. The van der Waals surface area contributed by atoms with Crippen LogP contribution in [-0.2, 0) is 4.74 Å². The first-order valence-electron chi connectivity index (χ1n) is 12.1. The number of nitrogens with zero attached hydrogens (tertiary/aromatic N) is 5. The molecular weight excluding hydrogens is 527 g/mol. The molecule has 2 aromatic carbocycles. The van der Waals surface area contributed by atoms with Crippen molar-refractivity contribution in [1.29, 1.82) is 5.26 Å². The Morgan fingerprint density at radius 2 is 1.89 bits per heavy atom. The van der Waals surface area contributed by atoms with E-state index < -0.39 is 5.60 Å². The molecule has 0 spiro atoms. The van der Waals surface area contributed by atoms with Gasteiger partial charge in [-0.3, -0.25) is 5.10 Å². The normalized spacial score (nSPS) is 14.1. The molecule has 0 aliphatic carbocycles. The van der Waals surface area contributed by atoms with Gasteiger partial charge >= 0.3 is 6.09 Å². The van der Waals surface area contributed by atoms with Crippen molar-refractivity contribution in [3.63, 3.8) is 0 Å². The zero-order chi connectivity index (χ0) is 27.2.